The fourth-order valence-corrected chi connectivity index (χ4v) is 4.52. The summed E-state index contributed by atoms with van der Waals surface area (Å²) in [5.41, 5.74) is 0. The molecule has 108 valence electrons. The first kappa shape index (κ1) is 16.2. The third kappa shape index (κ3) is 3.59. The van der Waals surface area contributed by atoms with Gasteiger partial charge in [0.15, 0.2) is 9.84 Å². The molecule has 4 nitrogen and oxygen atoms in total. The van der Waals surface area contributed by atoms with Crippen molar-refractivity contribution in [3.8, 4) is 0 Å². The zero-order valence-corrected chi connectivity index (χ0v) is 12.9. The van der Waals surface area contributed by atoms with Gasteiger partial charge in [0.25, 0.3) is 0 Å². The van der Waals surface area contributed by atoms with E-state index in [-0.39, 0.29) is 23.7 Å². The summed E-state index contributed by atoms with van der Waals surface area (Å²) in [7, 11) is -2.84. The molecule has 0 aromatic rings. The summed E-state index contributed by atoms with van der Waals surface area (Å²) in [6, 6.07) is 0.170. The second-order valence-corrected chi connectivity index (χ2v) is 7.98. The third-order valence-electron chi connectivity index (χ3n) is 4.44. The minimum Gasteiger partial charge on any atom is -0.317 e. The van der Waals surface area contributed by atoms with E-state index in [0.29, 0.717) is 5.75 Å². The molecule has 2 aliphatic heterocycles. The molecular weight excluding hydrogens is 272 g/mol. The third-order valence-corrected chi connectivity index (χ3v) is 6.71. The van der Waals surface area contributed by atoms with Crippen molar-refractivity contribution in [1.29, 1.82) is 0 Å². The maximum absolute atomic E-state index is 11.8. The Morgan fingerprint density at radius 3 is 2.44 bits per heavy atom. The zero-order valence-electron chi connectivity index (χ0n) is 11.3. The first-order valence-electron chi connectivity index (χ1n) is 6.67. The SMILES string of the molecule is CC1C(C)S(=O)(=O)CCN1CC1CCNCC1.Cl. The van der Waals surface area contributed by atoms with Gasteiger partial charge >= 0.3 is 0 Å². The Hall–Kier alpha value is 0.160. The lowest BCUT2D eigenvalue weighted by atomic mass is 9.96. The van der Waals surface area contributed by atoms with Crippen molar-refractivity contribution in [3.05, 3.63) is 0 Å². The molecule has 0 aromatic carbocycles. The average Bonchev–Trinajstić information content (AvgIpc) is 2.32. The molecule has 0 saturated carbocycles. The van der Waals surface area contributed by atoms with Crippen LogP contribution in [-0.2, 0) is 9.84 Å². The number of nitrogens with zero attached hydrogens (tertiary/aromatic N) is 1. The molecule has 2 unspecified atom stereocenters. The van der Waals surface area contributed by atoms with Crippen molar-refractivity contribution < 1.29 is 8.42 Å². The van der Waals surface area contributed by atoms with E-state index in [1.165, 1.54) is 12.8 Å². The van der Waals surface area contributed by atoms with Gasteiger partial charge in [-0.1, -0.05) is 0 Å². The van der Waals surface area contributed by atoms with Gasteiger partial charge in [0, 0.05) is 19.1 Å². The Balaban J connectivity index is 0.00000162. The molecule has 2 fully saturated rings. The van der Waals surface area contributed by atoms with Crippen LogP contribution in [0, 0.1) is 5.92 Å². The van der Waals surface area contributed by atoms with Crippen molar-refractivity contribution in [2.75, 3.05) is 31.9 Å². The highest BCUT2D eigenvalue weighted by Crippen LogP contribution is 2.22. The van der Waals surface area contributed by atoms with E-state index >= 15 is 0 Å². The van der Waals surface area contributed by atoms with Crippen LogP contribution < -0.4 is 5.32 Å². The van der Waals surface area contributed by atoms with Gasteiger partial charge in [0.05, 0.1) is 11.0 Å². The molecule has 6 heteroatoms. The summed E-state index contributed by atoms with van der Waals surface area (Å²) in [5, 5.41) is 3.16. The quantitative estimate of drug-likeness (QED) is 0.823. The summed E-state index contributed by atoms with van der Waals surface area (Å²) in [4.78, 5) is 2.38. The Kier molecular flexibility index (Phi) is 5.90. The molecule has 2 heterocycles. The molecule has 2 atom stereocenters. The Bertz CT molecular complexity index is 355. The molecule has 1 N–H and O–H groups in total. The standard InChI is InChI=1S/C12H24N2O2S.ClH/c1-10-11(2)17(15,16)8-7-14(10)9-12-3-5-13-6-4-12;/h10-13H,3-9H2,1-2H3;1H. The van der Waals surface area contributed by atoms with Crippen LogP contribution in [0.4, 0.5) is 0 Å². The van der Waals surface area contributed by atoms with E-state index in [1.54, 1.807) is 0 Å². The maximum atomic E-state index is 11.8. The van der Waals surface area contributed by atoms with E-state index in [2.05, 4.69) is 17.1 Å². The molecule has 0 aliphatic carbocycles. The van der Waals surface area contributed by atoms with Gasteiger partial charge in [0.1, 0.15) is 0 Å². The molecule has 18 heavy (non-hydrogen) atoms. The lowest BCUT2D eigenvalue weighted by Crippen LogP contribution is -2.53. The van der Waals surface area contributed by atoms with Crippen LogP contribution in [0.5, 0.6) is 0 Å². The van der Waals surface area contributed by atoms with E-state index < -0.39 is 9.84 Å². The van der Waals surface area contributed by atoms with Crippen LogP contribution in [0.3, 0.4) is 0 Å². The molecule has 2 saturated heterocycles. The van der Waals surface area contributed by atoms with Crippen molar-refractivity contribution >= 4 is 22.2 Å². The molecule has 2 rings (SSSR count). The van der Waals surface area contributed by atoms with Crippen LogP contribution in [0.1, 0.15) is 26.7 Å². The summed E-state index contributed by atoms with van der Waals surface area (Å²) < 4.78 is 23.6. The number of hydrogen-bond donors (Lipinski definition) is 1. The zero-order chi connectivity index (χ0) is 12.5. The number of sulfone groups is 1. The van der Waals surface area contributed by atoms with Crippen molar-refractivity contribution in [2.45, 2.75) is 38.0 Å². The molecule has 0 amide bonds. The largest absolute Gasteiger partial charge is 0.317 e. The number of rotatable bonds is 2. The Labute approximate surface area is 117 Å². The van der Waals surface area contributed by atoms with E-state index in [4.69, 9.17) is 0 Å². The lowest BCUT2D eigenvalue weighted by molar-refractivity contribution is 0.159. The van der Waals surface area contributed by atoms with Crippen molar-refractivity contribution in [2.24, 2.45) is 5.92 Å². The van der Waals surface area contributed by atoms with Crippen LogP contribution in [-0.4, -0.2) is 56.5 Å². The highest BCUT2D eigenvalue weighted by molar-refractivity contribution is 7.92. The summed E-state index contributed by atoms with van der Waals surface area (Å²) >= 11 is 0. The van der Waals surface area contributed by atoms with Crippen LogP contribution in [0.15, 0.2) is 0 Å². The highest BCUT2D eigenvalue weighted by Gasteiger charge is 2.36. The Morgan fingerprint density at radius 1 is 1.22 bits per heavy atom. The number of nitrogens with one attached hydrogen (secondary N) is 1. The summed E-state index contributed by atoms with van der Waals surface area (Å²) in [6.07, 6.45) is 2.45. The van der Waals surface area contributed by atoms with Crippen molar-refractivity contribution in [3.63, 3.8) is 0 Å². The smallest absolute Gasteiger partial charge is 0.155 e. The topological polar surface area (TPSA) is 49.4 Å². The predicted molar refractivity (Wildman–Crippen MR) is 77.1 cm³/mol. The van der Waals surface area contributed by atoms with Gasteiger partial charge in [0.2, 0.25) is 0 Å². The fourth-order valence-electron chi connectivity index (χ4n) is 2.88. The summed E-state index contributed by atoms with van der Waals surface area (Å²) in [6.45, 7) is 7.93. The number of halogens is 1. The van der Waals surface area contributed by atoms with Crippen LogP contribution in [0.25, 0.3) is 0 Å². The number of piperidine rings is 1. The molecule has 0 bridgehead atoms. The first-order chi connectivity index (χ1) is 8.00. The average molecular weight is 297 g/mol. The van der Waals surface area contributed by atoms with E-state index in [9.17, 15) is 8.42 Å². The van der Waals surface area contributed by atoms with Crippen LogP contribution in [0.2, 0.25) is 0 Å². The first-order valence-corrected chi connectivity index (χ1v) is 8.38. The van der Waals surface area contributed by atoms with Gasteiger partial charge in [-0.3, -0.25) is 4.90 Å². The molecule has 0 spiro atoms. The summed E-state index contributed by atoms with van der Waals surface area (Å²) in [5.74, 6) is 1.08. The molecule has 0 aromatic heterocycles. The predicted octanol–water partition coefficient (Wildman–Crippen LogP) is 0.915. The van der Waals surface area contributed by atoms with Gasteiger partial charge in [-0.05, 0) is 45.7 Å². The minimum atomic E-state index is -2.84. The molecule has 2 aliphatic rings. The van der Waals surface area contributed by atoms with Gasteiger partial charge in [-0.25, -0.2) is 8.42 Å². The fraction of sp³-hybridized carbons (Fsp3) is 1.00. The molecular formula is C12H25ClN2O2S. The highest BCUT2D eigenvalue weighted by atomic mass is 35.5. The number of hydrogen-bond acceptors (Lipinski definition) is 4. The van der Waals surface area contributed by atoms with Gasteiger partial charge in [-0.15, -0.1) is 12.4 Å². The second-order valence-electron chi connectivity index (χ2n) is 5.50. The van der Waals surface area contributed by atoms with E-state index in [0.717, 1.165) is 32.1 Å². The monoisotopic (exact) mass is 296 g/mol. The van der Waals surface area contributed by atoms with Crippen molar-refractivity contribution in [1.82, 2.24) is 10.2 Å². The molecule has 0 radical (unpaired) electrons. The minimum absolute atomic E-state index is 0. The van der Waals surface area contributed by atoms with E-state index in [1.807, 2.05) is 6.92 Å². The van der Waals surface area contributed by atoms with Gasteiger partial charge < -0.3 is 5.32 Å². The second kappa shape index (κ2) is 6.55. The normalized spacial score (nSPS) is 33.9. The Morgan fingerprint density at radius 2 is 1.83 bits per heavy atom. The van der Waals surface area contributed by atoms with Gasteiger partial charge in [-0.2, -0.15) is 0 Å². The lowest BCUT2D eigenvalue weighted by Gasteiger charge is -2.40. The van der Waals surface area contributed by atoms with Crippen LogP contribution >= 0.6 is 12.4 Å². The maximum Gasteiger partial charge on any atom is 0.155 e.